The molecule has 0 saturated heterocycles. The van der Waals surface area contributed by atoms with Crippen molar-refractivity contribution in [1.82, 2.24) is 0 Å². The summed E-state index contributed by atoms with van der Waals surface area (Å²) in [5.41, 5.74) is 1.52. The maximum Gasteiger partial charge on any atom is 0.203 e. The molecule has 1 aliphatic rings. The third kappa shape index (κ3) is 2.52. The van der Waals surface area contributed by atoms with Crippen LogP contribution in [0.25, 0.3) is 0 Å². The van der Waals surface area contributed by atoms with Crippen LogP contribution in [-0.2, 0) is 4.74 Å². The van der Waals surface area contributed by atoms with Gasteiger partial charge >= 0.3 is 0 Å². The molecule has 0 spiro atoms. The number of phenolic OH excluding ortho intramolecular Hbond substituents is 3. The summed E-state index contributed by atoms with van der Waals surface area (Å²) in [6.07, 6.45) is -1.85. The van der Waals surface area contributed by atoms with Crippen molar-refractivity contribution in [2.75, 3.05) is 14.2 Å². The Morgan fingerprint density at radius 3 is 2.31 bits per heavy atom. The lowest BCUT2D eigenvalue weighted by atomic mass is 9.89. The number of aromatic hydroxyl groups is 3. The summed E-state index contributed by atoms with van der Waals surface area (Å²) in [7, 11) is 2.80. The molecule has 26 heavy (non-hydrogen) atoms. The predicted octanol–water partition coefficient (Wildman–Crippen LogP) is 2.76. The van der Waals surface area contributed by atoms with Gasteiger partial charge in [0.05, 0.1) is 7.11 Å². The van der Waals surface area contributed by atoms with Gasteiger partial charge in [0.1, 0.15) is 22.8 Å². The standard InChI is InChI=1S/C19H20O7/c1-8-14(22)9(2)17-13(16(8)24-3)15(23)19(25-4)18(26-17)10-5-6-11(20)12(21)7-10/h5-7,18-22H,1-4H3. The van der Waals surface area contributed by atoms with Crippen LogP contribution in [-0.4, -0.2) is 41.4 Å². The molecule has 0 aromatic heterocycles. The highest BCUT2D eigenvalue weighted by Crippen LogP contribution is 2.48. The molecule has 0 amide bonds. The molecule has 1 heterocycles. The molecule has 7 nitrogen and oxygen atoms in total. The van der Waals surface area contributed by atoms with E-state index in [0.717, 1.165) is 0 Å². The topological polar surface area (TPSA) is 105 Å². The minimum Gasteiger partial charge on any atom is -0.507 e. The first-order chi connectivity index (χ1) is 12.3. The largest absolute Gasteiger partial charge is 0.507 e. The van der Waals surface area contributed by atoms with Crippen molar-refractivity contribution in [3.8, 4) is 28.7 Å². The lowest BCUT2D eigenvalue weighted by Gasteiger charge is -2.34. The molecule has 1 aliphatic heterocycles. The lowest BCUT2D eigenvalue weighted by molar-refractivity contribution is -0.00151. The maximum absolute atomic E-state index is 13.1. The van der Waals surface area contributed by atoms with Crippen LogP contribution in [0, 0.1) is 13.8 Å². The second-order valence-electron chi connectivity index (χ2n) is 6.14. The average Bonchev–Trinajstić information content (AvgIpc) is 2.63. The van der Waals surface area contributed by atoms with E-state index in [1.807, 2.05) is 0 Å². The number of benzene rings is 2. The summed E-state index contributed by atoms with van der Waals surface area (Å²) < 4.78 is 16.7. The van der Waals surface area contributed by atoms with E-state index in [2.05, 4.69) is 0 Å². The van der Waals surface area contributed by atoms with E-state index in [4.69, 9.17) is 14.2 Å². The van der Waals surface area contributed by atoms with Crippen molar-refractivity contribution in [1.29, 1.82) is 0 Å². The van der Waals surface area contributed by atoms with E-state index in [0.29, 0.717) is 16.7 Å². The van der Waals surface area contributed by atoms with Gasteiger partial charge in [0, 0.05) is 18.2 Å². The van der Waals surface area contributed by atoms with Gasteiger partial charge in [0.15, 0.2) is 23.7 Å². The number of phenols is 3. The monoisotopic (exact) mass is 360 g/mol. The van der Waals surface area contributed by atoms with Crippen LogP contribution >= 0.6 is 0 Å². The highest BCUT2D eigenvalue weighted by Gasteiger charge is 2.42. The number of carbonyl (C=O) groups excluding carboxylic acids is 1. The smallest absolute Gasteiger partial charge is 0.203 e. The average molecular weight is 360 g/mol. The van der Waals surface area contributed by atoms with Gasteiger partial charge in [0.25, 0.3) is 0 Å². The molecule has 0 fully saturated rings. The van der Waals surface area contributed by atoms with Crippen LogP contribution in [0.15, 0.2) is 18.2 Å². The molecule has 138 valence electrons. The number of ether oxygens (including phenoxy) is 3. The predicted molar refractivity (Wildman–Crippen MR) is 92.4 cm³/mol. The Kier molecular flexibility index (Phi) is 4.41. The van der Waals surface area contributed by atoms with Crippen LogP contribution < -0.4 is 9.47 Å². The van der Waals surface area contributed by atoms with E-state index in [9.17, 15) is 20.1 Å². The van der Waals surface area contributed by atoms with Crippen LogP contribution in [0.4, 0.5) is 0 Å². The van der Waals surface area contributed by atoms with Gasteiger partial charge in [0.2, 0.25) is 5.78 Å². The van der Waals surface area contributed by atoms with Crippen molar-refractivity contribution in [2.45, 2.75) is 26.1 Å². The Labute approximate surface area is 150 Å². The highest BCUT2D eigenvalue weighted by atomic mass is 16.5. The molecule has 3 rings (SSSR count). The summed E-state index contributed by atoms with van der Waals surface area (Å²) in [4.78, 5) is 13.1. The van der Waals surface area contributed by atoms with E-state index in [1.54, 1.807) is 13.8 Å². The summed E-state index contributed by atoms with van der Waals surface area (Å²) in [5.74, 6) is -0.537. The third-order valence-corrected chi connectivity index (χ3v) is 4.66. The second-order valence-corrected chi connectivity index (χ2v) is 6.14. The van der Waals surface area contributed by atoms with E-state index in [-0.39, 0.29) is 40.1 Å². The van der Waals surface area contributed by atoms with E-state index < -0.39 is 12.2 Å². The first-order valence-electron chi connectivity index (χ1n) is 7.97. The summed E-state index contributed by atoms with van der Waals surface area (Å²) in [6, 6.07) is 4.15. The number of carbonyl (C=O) groups is 1. The van der Waals surface area contributed by atoms with Gasteiger partial charge in [-0.3, -0.25) is 4.79 Å². The number of fused-ring (bicyclic) bond motifs is 1. The number of ketones is 1. The number of rotatable bonds is 3. The summed E-state index contributed by atoms with van der Waals surface area (Å²) >= 11 is 0. The molecule has 2 aromatic carbocycles. The Balaban J connectivity index is 2.21. The normalized spacial score (nSPS) is 19.0. The first kappa shape index (κ1) is 17.9. The van der Waals surface area contributed by atoms with Crippen molar-refractivity contribution in [3.63, 3.8) is 0 Å². The molecule has 3 N–H and O–H groups in total. The third-order valence-electron chi connectivity index (χ3n) is 4.66. The molecule has 0 saturated carbocycles. The zero-order valence-electron chi connectivity index (χ0n) is 14.9. The fraction of sp³-hybridized carbons (Fsp3) is 0.316. The van der Waals surface area contributed by atoms with Gasteiger partial charge in [-0.05, 0) is 31.5 Å². The van der Waals surface area contributed by atoms with Crippen LogP contribution in [0.2, 0.25) is 0 Å². The zero-order chi connectivity index (χ0) is 19.2. The molecule has 7 heteroatoms. The van der Waals surface area contributed by atoms with E-state index >= 15 is 0 Å². The number of Topliss-reactive ketones (excluding diaryl/α,β-unsaturated/α-hetero) is 1. The highest BCUT2D eigenvalue weighted by molar-refractivity contribution is 6.07. The molecule has 0 aliphatic carbocycles. The van der Waals surface area contributed by atoms with Crippen LogP contribution in [0.3, 0.4) is 0 Å². The van der Waals surface area contributed by atoms with Gasteiger partial charge in [-0.1, -0.05) is 6.07 Å². The molecule has 0 radical (unpaired) electrons. The fourth-order valence-corrected chi connectivity index (χ4v) is 3.26. The van der Waals surface area contributed by atoms with Crippen molar-refractivity contribution in [2.24, 2.45) is 0 Å². The fourth-order valence-electron chi connectivity index (χ4n) is 3.26. The zero-order valence-corrected chi connectivity index (χ0v) is 14.9. The number of hydrogen-bond acceptors (Lipinski definition) is 7. The number of methoxy groups -OCH3 is 2. The van der Waals surface area contributed by atoms with Gasteiger partial charge in [-0.2, -0.15) is 0 Å². The van der Waals surface area contributed by atoms with Crippen LogP contribution in [0.1, 0.15) is 33.2 Å². The van der Waals surface area contributed by atoms with Gasteiger partial charge < -0.3 is 29.5 Å². The molecule has 2 atom stereocenters. The van der Waals surface area contributed by atoms with Gasteiger partial charge in [-0.15, -0.1) is 0 Å². The Morgan fingerprint density at radius 1 is 1.04 bits per heavy atom. The summed E-state index contributed by atoms with van der Waals surface area (Å²) in [6.45, 7) is 3.30. The van der Waals surface area contributed by atoms with Crippen molar-refractivity contribution < 1.29 is 34.3 Å². The first-order valence-corrected chi connectivity index (χ1v) is 7.97. The Hall–Kier alpha value is -2.93. The number of hydrogen-bond donors (Lipinski definition) is 3. The van der Waals surface area contributed by atoms with Crippen LogP contribution in [0.5, 0.6) is 28.7 Å². The Bertz CT molecular complexity index is 888. The minimum absolute atomic E-state index is 0.0171. The quantitative estimate of drug-likeness (QED) is 0.723. The lowest BCUT2D eigenvalue weighted by Crippen LogP contribution is -2.38. The molecule has 0 bridgehead atoms. The molecule has 2 aromatic rings. The molecular formula is C19H20O7. The Morgan fingerprint density at radius 2 is 1.73 bits per heavy atom. The minimum atomic E-state index is -0.983. The molecule has 2 unspecified atom stereocenters. The van der Waals surface area contributed by atoms with Crippen molar-refractivity contribution in [3.05, 3.63) is 40.5 Å². The van der Waals surface area contributed by atoms with E-state index in [1.165, 1.54) is 32.4 Å². The summed E-state index contributed by atoms with van der Waals surface area (Å²) in [5, 5.41) is 29.6. The SMILES string of the molecule is COc1c(C)c(O)c(C)c2c1C(=O)C(OC)C(c1ccc(O)c(O)c1)O2. The van der Waals surface area contributed by atoms with Gasteiger partial charge in [-0.25, -0.2) is 0 Å². The van der Waals surface area contributed by atoms with Crippen molar-refractivity contribution >= 4 is 5.78 Å². The maximum atomic E-state index is 13.1. The molecular weight excluding hydrogens is 340 g/mol. The second kappa shape index (κ2) is 6.42.